The molecule has 5 nitrogen and oxygen atoms in total. The summed E-state index contributed by atoms with van der Waals surface area (Å²) in [6.07, 6.45) is 1.75. The van der Waals surface area contributed by atoms with E-state index in [1.165, 1.54) is 28.6 Å². The molecule has 23 heavy (non-hydrogen) atoms. The number of ether oxygens (including phenoxy) is 1. The minimum atomic E-state index is -3.50. The second-order valence-corrected chi connectivity index (χ2v) is 8.15. The van der Waals surface area contributed by atoms with Gasteiger partial charge in [-0.1, -0.05) is 0 Å². The van der Waals surface area contributed by atoms with E-state index in [0.29, 0.717) is 19.0 Å². The molecule has 1 aromatic rings. The molecule has 2 fully saturated rings. The van der Waals surface area contributed by atoms with E-state index in [1.54, 1.807) is 0 Å². The van der Waals surface area contributed by atoms with E-state index in [1.807, 2.05) is 0 Å². The standard InChI is InChI=1S/C16H23FN2O3S/c17-15-1-3-16(4-2-15)23(20,21)19-7-5-14(6-8-19)13-18-9-11-22-12-10-18/h1-4,14H,5-13H2. The van der Waals surface area contributed by atoms with Crippen molar-refractivity contribution >= 4 is 10.0 Å². The molecule has 0 aliphatic carbocycles. The first kappa shape index (κ1) is 16.8. The second-order valence-electron chi connectivity index (χ2n) is 6.21. The third-order valence-electron chi connectivity index (χ3n) is 4.65. The Morgan fingerprint density at radius 3 is 2.26 bits per heavy atom. The van der Waals surface area contributed by atoms with Crippen molar-refractivity contribution < 1.29 is 17.5 Å². The molecule has 0 saturated carbocycles. The van der Waals surface area contributed by atoms with E-state index in [4.69, 9.17) is 4.74 Å². The van der Waals surface area contributed by atoms with Crippen LogP contribution in [0.5, 0.6) is 0 Å². The van der Waals surface area contributed by atoms with Crippen molar-refractivity contribution in [3.63, 3.8) is 0 Å². The number of hydrogen-bond donors (Lipinski definition) is 0. The molecular weight excluding hydrogens is 319 g/mol. The van der Waals surface area contributed by atoms with Crippen molar-refractivity contribution in [3.8, 4) is 0 Å². The Balaban J connectivity index is 1.56. The summed E-state index contributed by atoms with van der Waals surface area (Å²) in [5.41, 5.74) is 0. The first-order valence-electron chi connectivity index (χ1n) is 8.11. The Labute approximate surface area is 137 Å². The third kappa shape index (κ3) is 4.09. The molecule has 0 atom stereocenters. The maximum atomic E-state index is 13.0. The van der Waals surface area contributed by atoms with Crippen molar-refractivity contribution in [2.45, 2.75) is 17.7 Å². The lowest BCUT2D eigenvalue weighted by molar-refractivity contribution is 0.0269. The Morgan fingerprint density at radius 1 is 1.04 bits per heavy atom. The van der Waals surface area contributed by atoms with Crippen LogP contribution in [0.2, 0.25) is 0 Å². The zero-order chi connectivity index (χ0) is 16.3. The summed E-state index contributed by atoms with van der Waals surface area (Å²) in [5.74, 6) is 0.112. The number of hydrogen-bond acceptors (Lipinski definition) is 4. The number of morpholine rings is 1. The molecule has 0 spiro atoms. The lowest BCUT2D eigenvalue weighted by Gasteiger charge is -2.35. The van der Waals surface area contributed by atoms with E-state index in [2.05, 4.69) is 4.90 Å². The Bertz CT molecular complexity index is 607. The number of rotatable bonds is 4. The largest absolute Gasteiger partial charge is 0.379 e. The van der Waals surface area contributed by atoms with Gasteiger partial charge in [-0.05, 0) is 43.0 Å². The van der Waals surface area contributed by atoms with Gasteiger partial charge in [-0.3, -0.25) is 4.90 Å². The molecule has 0 aromatic heterocycles. The molecule has 0 amide bonds. The van der Waals surface area contributed by atoms with Gasteiger partial charge in [0.15, 0.2) is 0 Å². The maximum absolute atomic E-state index is 13.0. The van der Waals surface area contributed by atoms with E-state index < -0.39 is 15.8 Å². The summed E-state index contributed by atoms with van der Waals surface area (Å²) in [6, 6.07) is 5.06. The van der Waals surface area contributed by atoms with Crippen molar-refractivity contribution in [3.05, 3.63) is 30.1 Å². The number of nitrogens with zero attached hydrogens (tertiary/aromatic N) is 2. The highest BCUT2D eigenvalue weighted by atomic mass is 32.2. The monoisotopic (exact) mass is 342 g/mol. The highest BCUT2D eigenvalue weighted by Crippen LogP contribution is 2.24. The van der Waals surface area contributed by atoms with Gasteiger partial charge in [0.25, 0.3) is 0 Å². The Hall–Kier alpha value is -1.02. The topological polar surface area (TPSA) is 49.9 Å². The van der Waals surface area contributed by atoms with Gasteiger partial charge in [-0.2, -0.15) is 4.31 Å². The van der Waals surface area contributed by atoms with Crippen LogP contribution in [-0.2, 0) is 14.8 Å². The van der Waals surface area contributed by atoms with Gasteiger partial charge >= 0.3 is 0 Å². The minimum absolute atomic E-state index is 0.172. The molecule has 0 unspecified atom stereocenters. The van der Waals surface area contributed by atoms with Gasteiger partial charge < -0.3 is 4.74 Å². The van der Waals surface area contributed by atoms with Crippen molar-refractivity contribution in [1.82, 2.24) is 9.21 Å². The second kappa shape index (κ2) is 7.25. The predicted molar refractivity (Wildman–Crippen MR) is 85.1 cm³/mol. The molecule has 2 saturated heterocycles. The van der Waals surface area contributed by atoms with E-state index in [9.17, 15) is 12.8 Å². The van der Waals surface area contributed by atoms with Crippen molar-refractivity contribution in [1.29, 1.82) is 0 Å². The molecule has 2 aliphatic rings. The smallest absolute Gasteiger partial charge is 0.243 e. The summed E-state index contributed by atoms with van der Waals surface area (Å²) in [4.78, 5) is 2.57. The fraction of sp³-hybridized carbons (Fsp3) is 0.625. The summed E-state index contributed by atoms with van der Waals surface area (Å²) < 4.78 is 45.0. The van der Waals surface area contributed by atoms with Crippen molar-refractivity contribution in [2.75, 3.05) is 45.9 Å². The molecule has 0 bridgehead atoms. The van der Waals surface area contributed by atoms with Crippen LogP contribution in [0, 0.1) is 11.7 Å². The Kier molecular flexibility index (Phi) is 5.31. The quantitative estimate of drug-likeness (QED) is 0.833. The van der Waals surface area contributed by atoms with Crippen LogP contribution in [-0.4, -0.2) is 63.6 Å². The van der Waals surface area contributed by atoms with E-state index in [-0.39, 0.29) is 4.90 Å². The number of halogens is 1. The number of piperidine rings is 1. The van der Waals surface area contributed by atoms with Crippen LogP contribution in [0.3, 0.4) is 0 Å². The lowest BCUT2D eigenvalue weighted by Crippen LogP contribution is -2.44. The van der Waals surface area contributed by atoms with Crippen LogP contribution in [0.1, 0.15) is 12.8 Å². The molecule has 1 aromatic carbocycles. The summed E-state index contributed by atoms with van der Waals surface area (Å²) in [7, 11) is -3.50. The third-order valence-corrected chi connectivity index (χ3v) is 6.56. The molecule has 2 heterocycles. The minimum Gasteiger partial charge on any atom is -0.379 e. The van der Waals surface area contributed by atoms with E-state index in [0.717, 1.165) is 45.7 Å². The molecule has 0 N–H and O–H groups in total. The van der Waals surface area contributed by atoms with Gasteiger partial charge in [0.1, 0.15) is 5.82 Å². The molecule has 0 radical (unpaired) electrons. The first-order valence-corrected chi connectivity index (χ1v) is 9.55. The van der Waals surface area contributed by atoms with Gasteiger partial charge in [0.2, 0.25) is 10.0 Å². The van der Waals surface area contributed by atoms with Gasteiger partial charge in [0, 0.05) is 32.7 Å². The summed E-state index contributed by atoms with van der Waals surface area (Å²) in [6.45, 7) is 5.61. The highest BCUT2D eigenvalue weighted by molar-refractivity contribution is 7.89. The zero-order valence-corrected chi connectivity index (χ0v) is 14.0. The number of sulfonamides is 1. The first-order chi connectivity index (χ1) is 11.1. The predicted octanol–water partition coefficient (Wildman–Crippen LogP) is 1.56. The highest BCUT2D eigenvalue weighted by Gasteiger charge is 2.30. The van der Waals surface area contributed by atoms with Gasteiger partial charge in [-0.25, -0.2) is 12.8 Å². The van der Waals surface area contributed by atoms with Crippen molar-refractivity contribution in [2.24, 2.45) is 5.92 Å². The molecule has 7 heteroatoms. The number of benzene rings is 1. The van der Waals surface area contributed by atoms with Gasteiger partial charge in [-0.15, -0.1) is 0 Å². The average Bonchev–Trinajstić information content (AvgIpc) is 2.57. The summed E-state index contributed by atoms with van der Waals surface area (Å²) in [5, 5.41) is 0. The fourth-order valence-corrected chi connectivity index (χ4v) is 4.71. The van der Waals surface area contributed by atoms with Crippen LogP contribution in [0.4, 0.5) is 4.39 Å². The molecular formula is C16H23FN2O3S. The fourth-order valence-electron chi connectivity index (χ4n) is 3.24. The summed E-state index contributed by atoms with van der Waals surface area (Å²) >= 11 is 0. The lowest BCUT2D eigenvalue weighted by atomic mass is 9.97. The maximum Gasteiger partial charge on any atom is 0.243 e. The van der Waals surface area contributed by atoms with Gasteiger partial charge in [0.05, 0.1) is 18.1 Å². The van der Waals surface area contributed by atoms with Crippen LogP contribution >= 0.6 is 0 Å². The van der Waals surface area contributed by atoms with Crippen LogP contribution in [0.25, 0.3) is 0 Å². The van der Waals surface area contributed by atoms with Crippen LogP contribution in [0.15, 0.2) is 29.2 Å². The molecule has 2 aliphatic heterocycles. The normalized spacial score (nSPS) is 22.3. The average molecular weight is 342 g/mol. The van der Waals surface area contributed by atoms with Crippen LogP contribution < -0.4 is 0 Å². The Morgan fingerprint density at radius 2 is 1.65 bits per heavy atom. The van der Waals surface area contributed by atoms with E-state index >= 15 is 0 Å². The SMILES string of the molecule is O=S(=O)(c1ccc(F)cc1)N1CCC(CN2CCOCC2)CC1. The molecule has 3 rings (SSSR count). The molecule has 128 valence electrons. The zero-order valence-electron chi connectivity index (χ0n) is 13.2.